The summed E-state index contributed by atoms with van der Waals surface area (Å²) in [7, 11) is 1.37. The summed E-state index contributed by atoms with van der Waals surface area (Å²) in [5.41, 5.74) is 2.97. The third-order valence-electron chi connectivity index (χ3n) is 7.28. The molecule has 8 heteroatoms. The summed E-state index contributed by atoms with van der Waals surface area (Å²) in [4.78, 5) is 20.4. The van der Waals surface area contributed by atoms with E-state index in [4.69, 9.17) is 4.74 Å². The zero-order valence-electron chi connectivity index (χ0n) is 24.7. The maximum absolute atomic E-state index is 14.6. The highest BCUT2D eigenvalue weighted by Crippen LogP contribution is 2.38. The van der Waals surface area contributed by atoms with E-state index in [9.17, 15) is 18.0 Å². The Kier molecular flexibility index (Phi) is 11.4. The number of H-pyrrole nitrogens is 1. The van der Waals surface area contributed by atoms with Crippen molar-refractivity contribution in [1.82, 2.24) is 15.3 Å². The van der Waals surface area contributed by atoms with Crippen molar-refractivity contribution in [3.63, 3.8) is 0 Å². The minimum Gasteiger partial charge on any atom is -0.497 e. The zero-order chi connectivity index (χ0) is 30.1. The molecule has 1 saturated carbocycles. The van der Waals surface area contributed by atoms with Gasteiger partial charge in [0.2, 0.25) is 0 Å². The van der Waals surface area contributed by atoms with E-state index < -0.39 is 11.6 Å². The molecule has 2 aromatic heterocycles. The van der Waals surface area contributed by atoms with Crippen molar-refractivity contribution < 1.29 is 22.7 Å². The van der Waals surface area contributed by atoms with Crippen LogP contribution in [0.25, 0.3) is 22.2 Å². The lowest BCUT2D eigenvalue weighted by Gasteiger charge is -2.29. The number of methoxy groups -OCH3 is 1. The number of hydrogen-bond acceptors (Lipinski definition) is 3. The van der Waals surface area contributed by atoms with E-state index in [1.54, 1.807) is 31.3 Å². The van der Waals surface area contributed by atoms with Gasteiger partial charge in [-0.25, -0.2) is 13.2 Å². The number of aromatic amines is 1. The molecule has 1 fully saturated rings. The van der Waals surface area contributed by atoms with Crippen molar-refractivity contribution >= 4 is 16.8 Å². The number of halogens is 3. The number of benzene rings is 2. The molecular weight excluding hydrogens is 527 g/mol. The lowest BCUT2D eigenvalue weighted by Crippen LogP contribution is -2.31. The van der Waals surface area contributed by atoms with Gasteiger partial charge in [0, 0.05) is 35.5 Å². The number of nitrogens with one attached hydrogen (secondary N) is 2. The highest BCUT2D eigenvalue weighted by atomic mass is 19.2. The Morgan fingerprint density at radius 1 is 1.00 bits per heavy atom. The summed E-state index contributed by atoms with van der Waals surface area (Å²) in [6.07, 6.45) is 5.46. The normalized spacial score (nSPS) is 16.2. The van der Waals surface area contributed by atoms with E-state index in [-0.39, 0.29) is 34.3 Å². The Labute approximate surface area is 240 Å². The second kappa shape index (κ2) is 14.7. The van der Waals surface area contributed by atoms with Gasteiger partial charge in [-0.05, 0) is 86.4 Å². The van der Waals surface area contributed by atoms with E-state index in [2.05, 4.69) is 15.3 Å². The number of aromatic nitrogens is 2. The van der Waals surface area contributed by atoms with Gasteiger partial charge < -0.3 is 15.0 Å². The number of amides is 1. The Bertz CT molecular complexity index is 1460. The molecule has 2 aromatic carbocycles. The number of fused-ring (bicyclic) bond motifs is 1. The quantitative estimate of drug-likeness (QED) is 0.245. The third kappa shape index (κ3) is 7.29. The SMILES string of the molecule is CC.CC.COc1cc(F)c(F)c(-c2[nH]c(C)cc2C(=O)NCC2CCC(c3ccnc4ccc(F)cc34)CC2)c1. The molecule has 0 unspecified atom stereocenters. The summed E-state index contributed by atoms with van der Waals surface area (Å²) in [5.74, 6) is -1.95. The molecular formula is C33H40F3N3O2. The minimum absolute atomic E-state index is 0.0587. The number of pyridine rings is 1. The number of aryl methyl sites for hydroxylation is 1. The molecule has 0 saturated heterocycles. The van der Waals surface area contributed by atoms with Crippen molar-refractivity contribution in [2.24, 2.45) is 5.92 Å². The summed E-state index contributed by atoms with van der Waals surface area (Å²) in [6.45, 7) is 10.2. The van der Waals surface area contributed by atoms with Gasteiger partial charge in [-0.1, -0.05) is 27.7 Å². The van der Waals surface area contributed by atoms with Crippen LogP contribution in [0.5, 0.6) is 5.75 Å². The highest BCUT2D eigenvalue weighted by Gasteiger charge is 2.26. The maximum Gasteiger partial charge on any atom is 0.253 e. The first-order chi connectivity index (χ1) is 19.8. The Morgan fingerprint density at radius 2 is 1.71 bits per heavy atom. The second-order valence-corrected chi connectivity index (χ2v) is 9.70. The first-order valence-electron chi connectivity index (χ1n) is 14.4. The van der Waals surface area contributed by atoms with Crippen LogP contribution in [0.4, 0.5) is 13.2 Å². The first-order valence-corrected chi connectivity index (χ1v) is 14.4. The van der Waals surface area contributed by atoms with Crippen LogP contribution in [-0.2, 0) is 0 Å². The fraction of sp³-hybridized carbons (Fsp3) is 0.394. The Morgan fingerprint density at radius 3 is 2.39 bits per heavy atom. The first kappa shape index (κ1) is 31.7. The second-order valence-electron chi connectivity index (χ2n) is 9.70. The van der Waals surface area contributed by atoms with Gasteiger partial charge in [-0.15, -0.1) is 0 Å². The largest absolute Gasteiger partial charge is 0.497 e. The van der Waals surface area contributed by atoms with Gasteiger partial charge in [0.05, 0.1) is 23.9 Å². The van der Waals surface area contributed by atoms with Crippen molar-refractivity contribution in [2.75, 3.05) is 13.7 Å². The molecule has 0 aliphatic heterocycles. The molecule has 1 aliphatic rings. The van der Waals surface area contributed by atoms with Gasteiger partial charge in [-0.2, -0.15) is 0 Å². The van der Waals surface area contributed by atoms with Crippen LogP contribution < -0.4 is 10.1 Å². The third-order valence-corrected chi connectivity index (χ3v) is 7.28. The summed E-state index contributed by atoms with van der Waals surface area (Å²) < 4.78 is 47.7. The lowest BCUT2D eigenvalue weighted by atomic mass is 9.78. The van der Waals surface area contributed by atoms with Gasteiger partial charge in [0.1, 0.15) is 11.6 Å². The van der Waals surface area contributed by atoms with E-state index >= 15 is 0 Å². The van der Waals surface area contributed by atoms with Crippen LogP contribution in [-0.4, -0.2) is 29.5 Å². The van der Waals surface area contributed by atoms with Crippen LogP contribution in [0.2, 0.25) is 0 Å². The zero-order valence-corrected chi connectivity index (χ0v) is 24.7. The lowest BCUT2D eigenvalue weighted by molar-refractivity contribution is 0.0943. The molecule has 0 spiro atoms. The molecule has 41 heavy (non-hydrogen) atoms. The van der Waals surface area contributed by atoms with Crippen molar-refractivity contribution in [2.45, 2.75) is 66.2 Å². The highest BCUT2D eigenvalue weighted by molar-refractivity contribution is 6.00. The van der Waals surface area contributed by atoms with Crippen LogP contribution in [0.3, 0.4) is 0 Å². The van der Waals surface area contributed by atoms with Crippen LogP contribution in [0.1, 0.15) is 80.9 Å². The smallest absolute Gasteiger partial charge is 0.253 e. The van der Waals surface area contributed by atoms with E-state index in [0.29, 0.717) is 24.1 Å². The number of nitrogens with zero attached hydrogens (tertiary/aromatic N) is 1. The summed E-state index contributed by atoms with van der Waals surface area (Å²) in [5, 5.41) is 3.84. The molecule has 220 valence electrons. The Balaban J connectivity index is 0.00000111. The van der Waals surface area contributed by atoms with Crippen molar-refractivity contribution in [3.05, 3.63) is 82.9 Å². The van der Waals surface area contributed by atoms with Crippen molar-refractivity contribution in [1.29, 1.82) is 0 Å². The number of hydrogen-bond donors (Lipinski definition) is 2. The topological polar surface area (TPSA) is 67.0 Å². The van der Waals surface area contributed by atoms with Gasteiger partial charge in [-0.3, -0.25) is 9.78 Å². The van der Waals surface area contributed by atoms with Crippen LogP contribution in [0.15, 0.2) is 48.7 Å². The fourth-order valence-corrected chi connectivity index (χ4v) is 5.35. The van der Waals surface area contributed by atoms with Crippen LogP contribution in [0, 0.1) is 30.3 Å². The predicted molar refractivity (Wildman–Crippen MR) is 159 cm³/mol. The van der Waals surface area contributed by atoms with Gasteiger partial charge >= 0.3 is 0 Å². The molecule has 0 radical (unpaired) electrons. The minimum atomic E-state index is -1.05. The van der Waals surface area contributed by atoms with Gasteiger partial charge in [0.25, 0.3) is 5.91 Å². The predicted octanol–water partition coefficient (Wildman–Crippen LogP) is 8.72. The average Bonchev–Trinajstić information content (AvgIpc) is 3.40. The monoisotopic (exact) mass is 567 g/mol. The summed E-state index contributed by atoms with van der Waals surface area (Å²) >= 11 is 0. The number of carbonyl (C=O) groups excluding carboxylic acids is 1. The molecule has 5 rings (SSSR count). The van der Waals surface area contributed by atoms with Gasteiger partial charge in [0.15, 0.2) is 11.6 Å². The molecule has 2 heterocycles. The van der Waals surface area contributed by atoms with E-state index in [1.807, 2.05) is 33.8 Å². The number of carbonyl (C=O) groups is 1. The molecule has 1 aliphatic carbocycles. The molecule has 0 bridgehead atoms. The number of rotatable bonds is 6. The molecule has 0 atom stereocenters. The maximum atomic E-state index is 14.6. The average molecular weight is 568 g/mol. The number of ether oxygens (including phenoxy) is 1. The van der Waals surface area contributed by atoms with E-state index in [1.165, 1.54) is 19.2 Å². The fourth-order valence-electron chi connectivity index (χ4n) is 5.35. The Hall–Kier alpha value is -3.81. The molecule has 4 aromatic rings. The van der Waals surface area contributed by atoms with Crippen molar-refractivity contribution in [3.8, 4) is 17.0 Å². The summed E-state index contributed by atoms with van der Waals surface area (Å²) in [6, 6.07) is 10.6. The molecule has 5 nitrogen and oxygen atoms in total. The molecule has 2 N–H and O–H groups in total. The standard InChI is InChI=1S/C29H28F3N3O2.2C2H6/c1-16-11-24(28(35-16)23-13-20(37-2)14-25(31)27(23)32)29(36)34-15-17-3-5-18(6-4-17)21-9-10-33-26-8-7-19(30)12-22(21)26;2*1-2/h7-14,17-18,35H,3-6,15H2,1-2H3,(H,34,36);2*1-2H3. The van der Waals surface area contributed by atoms with Crippen LogP contribution >= 0.6 is 0 Å². The van der Waals surface area contributed by atoms with E-state index in [0.717, 1.165) is 48.2 Å². The molecule has 1 amide bonds.